The molecule has 2 rings (SSSR count). The van der Waals surface area contributed by atoms with Crippen LogP contribution in [0, 0.1) is 25.2 Å². The van der Waals surface area contributed by atoms with Crippen LogP contribution >= 0.6 is 11.6 Å². The Morgan fingerprint density at radius 3 is 2.67 bits per heavy atom. The van der Waals surface area contributed by atoms with E-state index in [9.17, 15) is 0 Å². The maximum Gasteiger partial charge on any atom is 0.148 e. The van der Waals surface area contributed by atoms with Gasteiger partial charge in [0.2, 0.25) is 0 Å². The van der Waals surface area contributed by atoms with E-state index in [1.165, 1.54) is 0 Å². The minimum Gasteiger partial charge on any atom is -0.339 e. The average Bonchev–Trinajstić information content (AvgIpc) is 2.34. The van der Waals surface area contributed by atoms with Crippen LogP contribution in [-0.2, 0) is 0 Å². The molecule has 1 aromatic heterocycles. The smallest absolute Gasteiger partial charge is 0.148 e. The summed E-state index contributed by atoms with van der Waals surface area (Å²) in [5.74, 6) is 0.553. The monoisotopic (exact) mass is 257 g/mol. The first kappa shape index (κ1) is 12.4. The summed E-state index contributed by atoms with van der Waals surface area (Å²) in [6, 6.07) is 9.62. The molecule has 1 N–H and O–H groups in total. The summed E-state index contributed by atoms with van der Waals surface area (Å²) in [5, 5.41) is 12.9. The van der Waals surface area contributed by atoms with E-state index >= 15 is 0 Å². The minimum absolute atomic E-state index is 0.550. The molecule has 0 fully saturated rings. The molecule has 2 aromatic rings. The predicted molar refractivity (Wildman–Crippen MR) is 73.2 cm³/mol. The number of nitrogens with zero attached hydrogens (tertiary/aromatic N) is 2. The van der Waals surface area contributed by atoms with Crippen molar-refractivity contribution in [3.05, 3.63) is 52.2 Å². The molecule has 0 bridgehead atoms. The highest BCUT2D eigenvalue weighted by atomic mass is 35.5. The van der Waals surface area contributed by atoms with E-state index in [-0.39, 0.29) is 0 Å². The second-order valence-electron chi connectivity index (χ2n) is 4.05. The van der Waals surface area contributed by atoms with E-state index in [0.717, 1.165) is 16.8 Å². The van der Waals surface area contributed by atoms with Crippen LogP contribution in [0.3, 0.4) is 0 Å². The van der Waals surface area contributed by atoms with Crippen molar-refractivity contribution in [2.75, 3.05) is 5.32 Å². The number of pyridine rings is 1. The van der Waals surface area contributed by atoms with E-state index in [1.807, 2.05) is 38.1 Å². The third-order valence-corrected chi connectivity index (χ3v) is 3.11. The third-order valence-electron chi connectivity index (χ3n) is 2.71. The van der Waals surface area contributed by atoms with Gasteiger partial charge in [-0.2, -0.15) is 5.26 Å². The van der Waals surface area contributed by atoms with Crippen LogP contribution in [-0.4, -0.2) is 4.98 Å². The van der Waals surface area contributed by atoms with Crippen molar-refractivity contribution in [1.29, 1.82) is 5.26 Å². The van der Waals surface area contributed by atoms with Gasteiger partial charge in [0.05, 0.1) is 5.56 Å². The molecule has 3 nitrogen and oxygen atoms in total. The highest BCUT2D eigenvalue weighted by molar-refractivity contribution is 6.31. The zero-order chi connectivity index (χ0) is 13.1. The number of halogens is 1. The number of hydrogen-bond donors (Lipinski definition) is 1. The van der Waals surface area contributed by atoms with Crippen molar-refractivity contribution in [2.24, 2.45) is 0 Å². The number of anilines is 2. The third kappa shape index (κ3) is 2.44. The lowest BCUT2D eigenvalue weighted by Crippen LogP contribution is -1.98. The van der Waals surface area contributed by atoms with Gasteiger partial charge in [0.1, 0.15) is 11.9 Å². The maximum absolute atomic E-state index is 9.12. The van der Waals surface area contributed by atoms with Gasteiger partial charge in [-0.3, -0.25) is 0 Å². The Hall–Kier alpha value is -2.05. The molecule has 0 aliphatic carbocycles. The number of rotatable bonds is 2. The van der Waals surface area contributed by atoms with Crippen molar-refractivity contribution in [3.8, 4) is 6.07 Å². The van der Waals surface area contributed by atoms with Crippen LogP contribution in [0.4, 0.5) is 11.5 Å². The molecular formula is C14H12ClN3. The Morgan fingerprint density at radius 1 is 1.22 bits per heavy atom. The van der Waals surface area contributed by atoms with Crippen molar-refractivity contribution in [2.45, 2.75) is 13.8 Å². The van der Waals surface area contributed by atoms with E-state index in [4.69, 9.17) is 16.9 Å². The molecule has 0 aliphatic heterocycles. The number of aromatic nitrogens is 1. The highest BCUT2D eigenvalue weighted by Crippen LogP contribution is 2.24. The first-order valence-electron chi connectivity index (χ1n) is 5.50. The van der Waals surface area contributed by atoms with Gasteiger partial charge in [0.15, 0.2) is 0 Å². The van der Waals surface area contributed by atoms with E-state index in [0.29, 0.717) is 16.4 Å². The molecule has 90 valence electrons. The van der Waals surface area contributed by atoms with Crippen molar-refractivity contribution in [1.82, 2.24) is 4.98 Å². The molecule has 0 atom stereocenters. The Balaban J connectivity index is 2.37. The zero-order valence-corrected chi connectivity index (χ0v) is 10.9. The molecule has 4 heteroatoms. The lowest BCUT2D eigenvalue weighted by Gasteiger charge is -2.09. The standard InChI is InChI=1S/C14H12ClN3/c1-9-5-6-17-14(12(9)8-16)18-11-4-3-10(2)13(15)7-11/h3-7H,1-2H3,(H,17,18). The molecule has 0 amide bonds. The summed E-state index contributed by atoms with van der Waals surface area (Å²) < 4.78 is 0. The number of hydrogen-bond acceptors (Lipinski definition) is 3. The summed E-state index contributed by atoms with van der Waals surface area (Å²) in [4.78, 5) is 4.18. The van der Waals surface area contributed by atoms with Gasteiger partial charge in [-0.15, -0.1) is 0 Å². The van der Waals surface area contributed by atoms with E-state index in [2.05, 4.69) is 16.4 Å². The van der Waals surface area contributed by atoms with Crippen molar-refractivity contribution in [3.63, 3.8) is 0 Å². The van der Waals surface area contributed by atoms with Crippen LogP contribution in [0.25, 0.3) is 0 Å². The minimum atomic E-state index is 0.550. The van der Waals surface area contributed by atoms with Gasteiger partial charge >= 0.3 is 0 Å². The van der Waals surface area contributed by atoms with E-state index in [1.54, 1.807) is 6.20 Å². The fourth-order valence-electron chi connectivity index (χ4n) is 1.60. The van der Waals surface area contributed by atoms with Crippen molar-refractivity contribution < 1.29 is 0 Å². The normalized spacial score (nSPS) is 9.89. The topological polar surface area (TPSA) is 48.7 Å². The van der Waals surface area contributed by atoms with Crippen molar-refractivity contribution >= 4 is 23.1 Å². The van der Waals surface area contributed by atoms with Gasteiger partial charge in [0.25, 0.3) is 0 Å². The van der Waals surface area contributed by atoms with Crippen LogP contribution in [0.1, 0.15) is 16.7 Å². The Morgan fingerprint density at radius 2 is 2.00 bits per heavy atom. The maximum atomic E-state index is 9.12. The number of nitriles is 1. The highest BCUT2D eigenvalue weighted by Gasteiger charge is 2.07. The van der Waals surface area contributed by atoms with Gasteiger partial charge in [-0.25, -0.2) is 4.98 Å². The summed E-state index contributed by atoms with van der Waals surface area (Å²) >= 11 is 6.06. The Kier molecular flexibility index (Phi) is 3.50. The summed E-state index contributed by atoms with van der Waals surface area (Å²) in [6.45, 7) is 3.82. The lowest BCUT2D eigenvalue weighted by molar-refractivity contribution is 1.24. The first-order valence-corrected chi connectivity index (χ1v) is 5.88. The molecule has 0 saturated heterocycles. The fourth-order valence-corrected chi connectivity index (χ4v) is 1.78. The lowest BCUT2D eigenvalue weighted by atomic mass is 10.1. The van der Waals surface area contributed by atoms with Crippen LogP contribution in [0.2, 0.25) is 5.02 Å². The molecule has 1 heterocycles. The Labute approximate surface area is 111 Å². The second-order valence-corrected chi connectivity index (χ2v) is 4.46. The molecule has 0 radical (unpaired) electrons. The molecule has 0 saturated carbocycles. The average molecular weight is 258 g/mol. The Bertz CT molecular complexity index is 629. The number of nitrogens with one attached hydrogen (secondary N) is 1. The summed E-state index contributed by atoms with van der Waals surface area (Å²) in [6.07, 6.45) is 1.67. The fraction of sp³-hybridized carbons (Fsp3) is 0.143. The number of aryl methyl sites for hydroxylation is 2. The largest absolute Gasteiger partial charge is 0.339 e. The second kappa shape index (κ2) is 5.07. The van der Waals surface area contributed by atoms with Crippen LogP contribution in [0.15, 0.2) is 30.5 Å². The molecule has 18 heavy (non-hydrogen) atoms. The molecule has 0 aliphatic rings. The molecular weight excluding hydrogens is 246 g/mol. The quantitative estimate of drug-likeness (QED) is 0.886. The first-order chi connectivity index (χ1) is 8.61. The predicted octanol–water partition coefficient (Wildman–Crippen LogP) is 3.97. The summed E-state index contributed by atoms with van der Waals surface area (Å²) in [5.41, 5.74) is 3.28. The van der Waals surface area contributed by atoms with Crippen LogP contribution in [0.5, 0.6) is 0 Å². The van der Waals surface area contributed by atoms with Gasteiger partial charge in [0, 0.05) is 16.9 Å². The van der Waals surface area contributed by atoms with Gasteiger partial charge < -0.3 is 5.32 Å². The van der Waals surface area contributed by atoms with Gasteiger partial charge in [-0.05, 0) is 43.2 Å². The SMILES string of the molecule is Cc1ccc(Nc2nccc(C)c2C#N)cc1Cl. The summed E-state index contributed by atoms with van der Waals surface area (Å²) in [7, 11) is 0. The molecule has 0 spiro atoms. The van der Waals surface area contributed by atoms with Gasteiger partial charge in [-0.1, -0.05) is 17.7 Å². The van der Waals surface area contributed by atoms with E-state index < -0.39 is 0 Å². The zero-order valence-electron chi connectivity index (χ0n) is 10.2. The van der Waals surface area contributed by atoms with Crippen LogP contribution < -0.4 is 5.32 Å². The molecule has 1 aromatic carbocycles. The number of benzene rings is 1. The molecule has 0 unspecified atom stereocenters.